The summed E-state index contributed by atoms with van der Waals surface area (Å²) in [4.78, 5) is 59.2. The lowest BCUT2D eigenvalue weighted by atomic mass is 9.42. The highest BCUT2D eigenvalue weighted by molar-refractivity contribution is 5.90. The summed E-state index contributed by atoms with van der Waals surface area (Å²) in [6.07, 6.45) is 0.898. The van der Waals surface area contributed by atoms with Crippen LogP contribution in [0.5, 0.6) is 5.75 Å². The first kappa shape index (κ1) is 37.8. The van der Waals surface area contributed by atoms with E-state index in [0.717, 1.165) is 0 Å². The number of benzene rings is 3. The molecule has 1 aliphatic heterocycles. The number of pyridine rings is 1. The van der Waals surface area contributed by atoms with Gasteiger partial charge in [-0.15, -0.1) is 0 Å². The SMILES string of the molecule is CC1(COC(=O)c2ccccc2)[C@@H](OC(=O)c2ccccc2)CC[C@]2(C)[C@H]3[C@@H](O)c4c(cc(-c5cccnc5)oc4=O)O[C@]3(C)[C@@H](OC(=O)c3ccccc3)C[C@@H]12. The van der Waals surface area contributed by atoms with Crippen LogP contribution in [0.2, 0.25) is 0 Å². The van der Waals surface area contributed by atoms with Crippen molar-refractivity contribution < 1.29 is 42.9 Å². The van der Waals surface area contributed by atoms with Gasteiger partial charge in [0.05, 0.1) is 22.8 Å². The number of carbonyl (C=O) groups excluding carboxylic acids is 3. The van der Waals surface area contributed by atoms with Crippen LogP contribution in [-0.2, 0) is 14.2 Å². The zero-order chi connectivity index (χ0) is 40.0. The molecule has 0 saturated heterocycles. The minimum Gasteiger partial charge on any atom is -0.482 e. The highest BCUT2D eigenvalue weighted by Gasteiger charge is 2.71. The molecule has 0 bridgehead atoms. The summed E-state index contributed by atoms with van der Waals surface area (Å²) in [5.41, 5.74) is -2.56. The third kappa shape index (κ3) is 6.69. The summed E-state index contributed by atoms with van der Waals surface area (Å²) >= 11 is 0. The molecule has 5 aromatic rings. The number of nitrogens with zero attached hydrogens (tertiary/aromatic N) is 1. The Balaban J connectivity index is 1.24. The van der Waals surface area contributed by atoms with E-state index in [9.17, 15) is 24.3 Å². The summed E-state index contributed by atoms with van der Waals surface area (Å²) in [5, 5.41) is 12.6. The van der Waals surface area contributed by atoms with Gasteiger partial charge in [0.25, 0.3) is 0 Å². The van der Waals surface area contributed by atoms with Crippen molar-refractivity contribution in [3.63, 3.8) is 0 Å². The average molecular weight is 770 g/mol. The molecule has 1 N–H and O–H groups in total. The fraction of sp³-hybridized carbons (Fsp3) is 0.326. The zero-order valence-electron chi connectivity index (χ0n) is 31.8. The van der Waals surface area contributed by atoms with Gasteiger partial charge in [-0.1, -0.05) is 68.4 Å². The van der Waals surface area contributed by atoms with Crippen LogP contribution in [-0.4, -0.2) is 52.4 Å². The lowest BCUT2D eigenvalue weighted by Gasteiger charge is -2.66. The summed E-state index contributed by atoms with van der Waals surface area (Å²) in [5.74, 6) is -2.75. The van der Waals surface area contributed by atoms with Crippen LogP contribution in [0.3, 0.4) is 0 Å². The second kappa shape index (κ2) is 14.8. The molecule has 8 atom stereocenters. The maximum Gasteiger partial charge on any atom is 0.345 e. The molecule has 3 aromatic carbocycles. The van der Waals surface area contributed by atoms with Gasteiger partial charge in [0.2, 0.25) is 0 Å². The lowest BCUT2D eigenvalue weighted by molar-refractivity contribution is -0.263. The first-order chi connectivity index (χ1) is 27.4. The first-order valence-electron chi connectivity index (χ1n) is 19.1. The molecule has 2 saturated carbocycles. The van der Waals surface area contributed by atoms with Crippen molar-refractivity contribution in [1.29, 1.82) is 0 Å². The van der Waals surface area contributed by atoms with E-state index in [1.165, 1.54) is 0 Å². The molecular formula is C46H43NO10. The Kier molecular flexibility index (Phi) is 9.81. The second-order valence-electron chi connectivity index (χ2n) is 15.9. The van der Waals surface area contributed by atoms with E-state index >= 15 is 0 Å². The normalized spacial score (nSPS) is 28.7. The average Bonchev–Trinajstić information content (AvgIpc) is 3.22. The largest absolute Gasteiger partial charge is 0.482 e. The van der Waals surface area contributed by atoms with E-state index in [1.807, 2.05) is 19.9 Å². The first-order valence-corrected chi connectivity index (χ1v) is 19.1. The van der Waals surface area contributed by atoms with Gasteiger partial charge in [-0.05, 0) is 86.1 Å². The molecule has 292 valence electrons. The molecule has 2 fully saturated rings. The van der Waals surface area contributed by atoms with Crippen LogP contribution in [0.4, 0.5) is 0 Å². The van der Waals surface area contributed by atoms with E-state index in [4.69, 9.17) is 23.4 Å². The van der Waals surface area contributed by atoms with Crippen molar-refractivity contribution in [2.75, 3.05) is 6.61 Å². The van der Waals surface area contributed by atoms with Gasteiger partial charge in [0.1, 0.15) is 41.5 Å². The van der Waals surface area contributed by atoms with E-state index in [2.05, 4.69) is 4.98 Å². The van der Waals surface area contributed by atoms with Gasteiger partial charge in [-0.25, -0.2) is 19.2 Å². The third-order valence-electron chi connectivity index (χ3n) is 12.6. The lowest BCUT2D eigenvalue weighted by Crippen LogP contribution is -2.71. The molecule has 2 aromatic heterocycles. The summed E-state index contributed by atoms with van der Waals surface area (Å²) in [6.45, 7) is 5.57. The van der Waals surface area contributed by atoms with Gasteiger partial charge >= 0.3 is 23.5 Å². The number of aromatic nitrogens is 1. The number of aliphatic hydroxyl groups is 1. The Hall–Kier alpha value is -6.07. The number of hydrogen-bond acceptors (Lipinski definition) is 11. The molecule has 3 heterocycles. The fourth-order valence-electron chi connectivity index (χ4n) is 9.80. The second-order valence-corrected chi connectivity index (χ2v) is 15.9. The summed E-state index contributed by atoms with van der Waals surface area (Å²) in [6, 6.07) is 30.9. The number of esters is 3. The van der Waals surface area contributed by atoms with E-state index in [-0.39, 0.29) is 30.1 Å². The molecule has 3 aliphatic rings. The molecule has 0 amide bonds. The van der Waals surface area contributed by atoms with Crippen LogP contribution in [0.15, 0.2) is 131 Å². The molecular weight excluding hydrogens is 727 g/mol. The molecule has 0 spiro atoms. The highest BCUT2D eigenvalue weighted by atomic mass is 16.6. The Morgan fingerprint density at radius 1 is 0.789 bits per heavy atom. The molecule has 57 heavy (non-hydrogen) atoms. The van der Waals surface area contributed by atoms with Gasteiger partial charge in [-0.2, -0.15) is 0 Å². The van der Waals surface area contributed by atoms with Gasteiger partial charge in [0.15, 0.2) is 0 Å². The van der Waals surface area contributed by atoms with E-state index in [0.29, 0.717) is 35.1 Å². The van der Waals surface area contributed by atoms with Crippen molar-refractivity contribution in [3.05, 3.63) is 154 Å². The zero-order valence-corrected chi connectivity index (χ0v) is 31.8. The van der Waals surface area contributed by atoms with Crippen LogP contribution in [0.25, 0.3) is 11.3 Å². The van der Waals surface area contributed by atoms with Crippen molar-refractivity contribution in [1.82, 2.24) is 4.98 Å². The minimum atomic E-state index is -1.43. The number of ether oxygens (including phenoxy) is 4. The smallest absolute Gasteiger partial charge is 0.345 e. The monoisotopic (exact) mass is 769 g/mol. The van der Waals surface area contributed by atoms with Crippen molar-refractivity contribution >= 4 is 17.9 Å². The Morgan fingerprint density at radius 2 is 1.37 bits per heavy atom. The number of carbonyl (C=O) groups is 3. The summed E-state index contributed by atoms with van der Waals surface area (Å²) in [7, 11) is 0. The van der Waals surface area contributed by atoms with Crippen molar-refractivity contribution in [2.24, 2.45) is 22.7 Å². The number of rotatable bonds is 8. The Labute approximate surface area is 329 Å². The minimum absolute atomic E-state index is 0.0463. The molecule has 11 nitrogen and oxygen atoms in total. The Bertz CT molecular complexity index is 2340. The predicted molar refractivity (Wildman–Crippen MR) is 207 cm³/mol. The Morgan fingerprint density at radius 3 is 1.95 bits per heavy atom. The van der Waals surface area contributed by atoms with Gasteiger partial charge in [0, 0.05) is 35.4 Å². The molecule has 2 aliphatic carbocycles. The number of hydrogen-bond donors (Lipinski definition) is 1. The number of aliphatic hydroxyl groups excluding tert-OH is 1. The van der Waals surface area contributed by atoms with Crippen LogP contribution < -0.4 is 10.4 Å². The standard InChI is InChI=1S/C46H43NO10/c1-44-22-21-35(55-41(50)29-16-9-5-10-17-29)45(2,27-53-40(49)28-14-7-4-8-15-28)34(44)25-36(56-42(51)30-18-11-6-12-19-30)46(3)39(44)38(48)37-33(57-46)24-32(54-43(37)52)31-20-13-23-47-26-31/h4-20,23-24,26,34-36,38-39,48H,21-22,25,27H2,1-3H3/t34-,35+,36+,38+,39-,44+,45?,46-/m1/s1. The van der Waals surface area contributed by atoms with E-state index in [1.54, 1.807) is 122 Å². The third-order valence-corrected chi connectivity index (χ3v) is 12.6. The maximum absolute atomic E-state index is 13.9. The predicted octanol–water partition coefficient (Wildman–Crippen LogP) is 7.64. The quantitative estimate of drug-likeness (QED) is 0.123. The van der Waals surface area contributed by atoms with Crippen molar-refractivity contribution in [3.8, 4) is 17.1 Å². The molecule has 1 unspecified atom stereocenters. The highest BCUT2D eigenvalue weighted by Crippen LogP contribution is 2.67. The molecule has 8 rings (SSSR count). The van der Waals surface area contributed by atoms with Gasteiger partial charge in [-0.3, -0.25) is 4.98 Å². The molecule has 11 heteroatoms. The molecule has 0 radical (unpaired) electrons. The van der Waals surface area contributed by atoms with E-state index < -0.39 is 70.1 Å². The topological polar surface area (TPSA) is 151 Å². The van der Waals surface area contributed by atoms with Crippen LogP contribution >= 0.6 is 0 Å². The van der Waals surface area contributed by atoms with Gasteiger partial charge < -0.3 is 28.5 Å². The fourth-order valence-corrected chi connectivity index (χ4v) is 9.80. The summed E-state index contributed by atoms with van der Waals surface area (Å²) < 4.78 is 31.5. The maximum atomic E-state index is 13.9. The van der Waals surface area contributed by atoms with Crippen LogP contribution in [0, 0.1) is 22.7 Å². The van der Waals surface area contributed by atoms with Crippen molar-refractivity contribution in [2.45, 2.75) is 63.9 Å². The van der Waals surface area contributed by atoms with Crippen LogP contribution in [0.1, 0.15) is 82.8 Å². The number of fused-ring (bicyclic) bond motifs is 4.